The maximum atomic E-state index is 9.85. The molecule has 0 aliphatic heterocycles. The molecule has 1 aromatic heterocycles. The van der Waals surface area contributed by atoms with Crippen LogP contribution in [0.15, 0.2) is 67.0 Å². The van der Waals surface area contributed by atoms with Crippen molar-refractivity contribution in [1.82, 2.24) is 9.97 Å². The van der Waals surface area contributed by atoms with Crippen molar-refractivity contribution >= 4 is 51.9 Å². The van der Waals surface area contributed by atoms with Crippen LogP contribution in [-0.4, -0.2) is 16.6 Å². The number of nitrogen functional groups attached to an aromatic ring is 1. The molecule has 1 heterocycles. The van der Waals surface area contributed by atoms with Gasteiger partial charge in [-0.15, -0.1) is 0 Å². The van der Waals surface area contributed by atoms with Crippen molar-refractivity contribution < 1.29 is 4.74 Å². The Morgan fingerprint density at radius 2 is 1.67 bits per heavy atom. The summed E-state index contributed by atoms with van der Waals surface area (Å²) in [5.41, 5.74) is 10.6. The Labute approximate surface area is 219 Å². The van der Waals surface area contributed by atoms with Gasteiger partial charge in [0.25, 0.3) is 0 Å². The number of aromatic nitrogens is 2. The summed E-state index contributed by atoms with van der Waals surface area (Å²) in [6.45, 7) is 4.46. The first-order valence-electron chi connectivity index (χ1n) is 11.2. The van der Waals surface area contributed by atoms with Gasteiger partial charge < -0.3 is 21.1 Å². The summed E-state index contributed by atoms with van der Waals surface area (Å²) >= 11 is 12.6. The van der Waals surface area contributed by atoms with Crippen molar-refractivity contribution in [3.8, 4) is 11.8 Å². The summed E-state index contributed by atoms with van der Waals surface area (Å²) < 4.78 is 5.48. The van der Waals surface area contributed by atoms with Crippen molar-refractivity contribution in [1.29, 1.82) is 5.26 Å². The Kier molecular flexibility index (Phi) is 7.79. The van der Waals surface area contributed by atoms with Crippen LogP contribution in [-0.2, 0) is 0 Å². The number of nitrogens with zero attached hydrogens (tertiary/aromatic N) is 3. The number of rotatable bonds is 8. The molecule has 0 saturated carbocycles. The summed E-state index contributed by atoms with van der Waals surface area (Å²) in [7, 11) is 0. The van der Waals surface area contributed by atoms with E-state index < -0.39 is 5.92 Å². The molecule has 0 amide bonds. The molecule has 9 heteroatoms. The number of hydrogen-bond donors (Lipinski definition) is 3. The zero-order valence-electron chi connectivity index (χ0n) is 19.7. The van der Waals surface area contributed by atoms with Gasteiger partial charge in [-0.1, -0.05) is 41.4 Å². The molecule has 3 aromatic carbocycles. The first kappa shape index (κ1) is 25.1. The predicted octanol–water partition coefficient (Wildman–Crippen LogP) is 7.22. The molecule has 0 fully saturated rings. The van der Waals surface area contributed by atoms with Crippen LogP contribution >= 0.6 is 23.2 Å². The van der Waals surface area contributed by atoms with Crippen LogP contribution in [0.5, 0.6) is 5.75 Å². The summed E-state index contributed by atoms with van der Waals surface area (Å²) in [5.74, 6) is 1.15. The van der Waals surface area contributed by atoms with Crippen molar-refractivity contribution in [3.63, 3.8) is 0 Å². The molecule has 0 saturated heterocycles. The number of ether oxygens (including phenoxy) is 1. The second-order valence-corrected chi connectivity index (χ2v) is 8.84. The van der Waals surface area contributed by atoms with Gasteiger partial charge in [0.2, 0.25) is 0 Å². The normalized spacial score (nSPS) is 11.4. The second-order valence-electron chi connectivity index (χ2n) is 7.99. The zero-order valence-corrected chi connectivity index (χ0v) is 21.2. The van der Waals surface area contributed by atoms with Crippen molar-refractivity contribution in [2.24, 2.45) is 0 Å². The van der Waals surface area contributed by atoms with Crippen LogP contribution in [0.25, 0.3) is 0 Å². The number of hydrogen-bond acceptors (Lipinski definition) is 7. The van der Waals surface area contributed by atoms with E-state index in [9.17, 15) is 5.26 Å². The van der Waals surface area contributed by atoms with E-state index in [0.717, 1.165) is 22.6 Å². The highest BCUT2D eigenvalue weighted by molar-refractivity contribution is 6.32. The maximum absolute atomic E-state index is 9.85. The number of halogens is 2. The summed E-state index contributed by atoms with van der Waals surface area (Å²) in [6.07, 6.45) is 1.42. The van der Waals surface area contributed by atoms with Gasteiger partial charge in [0.15, 0.2) is 11.6 Å². The zero-order chi connectivity index (χ0) is 25.7. The van der Waals surface area contributed by atoms with Crippen molar-refractivity contribution in [2.45, 2.75) is 19.8 Å². The summed E-state index contributed by atoms with van der Waals surface area (Å²) in [6, 6.07) is 20.7. The minimum atomic E-state index is -0.531. The number of nitrogens with two attached hydrogens (primary N) is 1. The number of aryl methyl sites for hydroxylation is 1. The average molecular weight is 519 g/mol. The largest absolute Gasteiger partial charge is 0.494 e. The van der Waals surface area contributed by atoms with Crippen molar-refractivity contribution in [3.05, 3.63) is 93.7 Å². The van der Waals surface area contributed by atoms with E-state index in [2.05, 4.69) is 26.7 Å². The first-order chi connectivity index (χ1) is 17.4. The quantitative estimate of drug-likeness (QED) is 0.226. The summed E-state index contributed by atoms with van der Waals surface area (Å²) in [5, 5.41) is 17.4. The lowest BCUT2D eigenvalue weighted by atomic mass is 9.91. The lowest BCUT2D eigenvalue weighted by Crippen LogP contribution is -2.07. The standard InChI is InChI=1S/C27H24Cl2N6O/c1-3-36-20-10-8-19(9-11-20)34-26-25(31)27(33-15-32-26)35-24-13-23(29)21(12-16(24)2)22(14-30)17-4-6-18(28)7-5-17/h4-13,15,22H,3,31H2,1-2H3,(H2,32,33,34,35). The maximum Gasteiger partial charge on any atom is 0.159 e. The molecule has 0 bridgehead atoms. The first-order valence-corrected chi connectivity index (χ1v) is 12.0. The Morgan fingerprint density at radius 3 is 2.31 bits per heavy atom. The third-order valence-corrected chi connectivity index (χ3v) is 6.13. The number of nitrogens with one attached hydrogen (secondary N) is 2. The number of benzene rings is 3. The fraction of sp³-hybridized carbons (Fsp3) is 0.148. The molecular weight excluding hydrogens is 495 g/mol. The van der Waals surface area contributed by atoms with Gasteiger partial charge in [0.1, 0.15) is 17.8 Å². The average Bonchev–Trinajstić information content (AvgIpc) is 2.87. The third-order valence-electron chi connectivity index (χ3n) is 5.55. The smallest absolute Gasteiger partial charge is 0.159 e. The SMILES string of the molecule is CCOc1ccc(Nc2ncnc(Nc3cc(Cl)c(C(C#N)c4ccc(Cl)cc4)cc3C)c2N)cc1. The van der Waals surface area contributed by atoms with Crippen LogP contribution in [0.3, 0.4) is 0 Å². The van der Waals surface area contributed by atoms with Crippen LogP contribution in [0.4, 0.5) is 28.7 Å². The Balaban J connectivity index is 1.57. The molecule has 36 heavy (non-hydrogen) atoms. The molecule has 182 valence electrons. The fourth-order valence-electron chi connectivity index (χ4n) is 3.70. The molecule has 0 aliphatic carbocycles. The van der Waals surface area contributed by atoms with E-state index in [1.807, 2.05) is 56.3 Å². The van der Waals surface area contributed by atoms with Gasteiger partial charge in [-0.25, -0.2) is 9.97 Å². The van der Waals surface area contributed by atoms with Crippen LogP contribution < -0.4 is 21.1 Å². The minimum Gasteiger partial charge on any atom is -0.494 e. The molecule has 0 radical (unpaired) electrons. The highest BCUT2D eigenvalue weighted by Crippen LogP contribution is 2.36. The second kappa shape index (κ2) is 11.2. The van der Waals surface area contributed by atoms with Crippen LogP contribution in [0, 0.1) is 18.3 Å². The molecule has 1 unspecified atom stereocenters. The third kappa shape index (κ3) is 5.62. The van der Waals surface area contributed by atoms with Gasteiger partial charge >= 0.3 is 0 Å². The lowest BCUT2D eigenvalue weighted by molar-refractivity contribution is 0.340. The number of nitriles is 1. The molecule has 4 aromatic rings. The molecule has 4 N–H and O–H groups in total. The van der Waals surface area contributed by atoms with Gasteiger partial charge in [0.05, 0.1) is 18.6 Å². The molecule has 0 spiro atoms. The van der Waals surface area contributed by atoms with E-state index in [4.69, 9.17) is 33.7 Å². The molecule has 7 nitrogen and oxygen atoms in total. The Bertz CT molecular complexity index is 1400. The monoisotopic (exact) mass is 518 g/mol. The van der Waals surface area contributed by atoms with Gasteiger partial charge in [0, 0.05) is 21.4 Å². The topological polar surface area (TPSA) is 109 Å². The Hall–Kier alpha value is -3.99. The lowest BCUT2D eigenvalue weighted by Gasteiger charge is -2.17. The van der Waals surface area contributed by atoms with E-state index in [-0.39, 0.29) is 0 Å². The van der Waals surface area contributed by atoms with Gasteiger partial charge in [-0.3, -0.25) is 0 Å². The summed E-state index contributed by atoms with van der Waals surface area (Å²) in [4.78, 5) is 8.57. The highest BCUT2D eigenvalue weighted by Gasteiger charge is 2.19. The molecule has 1 atom stereocenters. The van der Waals surface area contributed by atoms with E-state index in [1.54, 1.807) is 18.2 Å². The van der Waals surface area contributed by atoms with E-state index in [1.165, 1.54) is 6.33 Å². The molecule has 0 aliphatic rings. The van der Waals surface area contributed by atoms with Gasteiger partial charge in [-0.2, -0.15) is 5.26 Å². The van der Waals surface area contributed by atoms with Gasteiger partial charge in [-0.05, 0) is 73.0 Å². The number of anilines is 5. The van der Waals surface area contributed by atoms with E-state index >= 15 is 0 Å². The highest BCUT2D eigenvalue weighted by atomic mass is 35.5. The molecule has 4 rings (SSSR count). The minimum absolute atomic E-state index is 0.349. The van der Waals surface area contributed by atoms with Crippen LogP contribution in [0.2, 0.25) is 10.0 Å². The fourth-order valence-corrected chi connectivity index (χ4v) is 4.10. The molecular formula is C27H24Cl2N6O. The van der Waals surface area contributed by atoms with Crippen LogP contribution in [0.1, 0.15) is 29.5 Å². The van der Waals surface area contributed by atoms with Crippen molar-refractivity contribution in [2.75, 3.05) is 23.0 Å². The van der Waals surface area contributed by atoms with E-state index in [0.29, 0.717) is 45.2 Å². The predicted molar refractivity (Wildman–Crippen MR) is 146 cm³/mol. The Morgan fingerprint density at radius 1 is 1.00 bits per heavy atom.